The second-order valence-corrected chi connectivity index (χ2v) is 5.75. The van der Waals surface area contributed by atoms with Crippen molar-refractivity contribution in [3.8, 4) is 0 Å². The minimum Gasteiger partial charge on any atom is -0.478 e. The van der Waals surface area contributed by atoms with Crippen LogP contribution in [-0.2, 0) is 9.59 Å². The summed E-state index contributed by atoms with van der Waals surface area (Å²) in [5.41, 5.74) is -1.25. The molecule has 112 valence electrons. The number of benzene rings is 1. The minimum atomic E-state index is -1.40. The summed E-state index contributed by atoms with van der Waals surface area (Å²) in [7, 11) is 0. The summed E-state index contributed by atoms with van der Waals surface area (Å²) < 4.78 is 13.7. The molecule has 0 aromatic heterocycles. The molecular formula is C15H16FNO4. The highest BCUT2D eigenvalue weighted by Gasteiger charge is 2.50. The van der Waals surface area contributed by atoms with Gasteiger partial charge in [0.05, 0.1) is 16.7 Å². The molecule has 1 aliphatic heterocycles. The molecule has 1 aliphatic rings. The number of hydrogen-bond donors (Lipinski definition) is 1. The molecule has 0 spiro atoms. The van der Waals surface area contributed by atoms with Crippen molar-refractivity contribution in [2.75, 3.05) is 4.90 Å². The van der Waals surface area contributed by atoms with Crippen LogP contribution in [0.5, 0.6) is 0 Å². The number of carboxylic acid groups (broad SMARTS) is 1. The molecule has 0 radical (unpaired) electrons. The zero-order valence-corrected chi connectivity index (χ0v) is 12.0. The van der Waals surface area contributed by atoms with E-state index < -0.39 is 28.7 Å². The Morgan fingerprint density at radius 1 is 1.38 bits per heavy atom. The lowest BCUT2D eigenvalue weighted by Gasteiger charge is -2.26. The molecule has 1 saturated heterocycles. The highest BCUT2D eigenvalue weighted by Crippen LogP contribution is 2.41. The highest BCUT2D eigenvalue weighted by molar-refractivity contribution is 6.22. The highest BCUT2D eigenvalue weighted by atomic mass is 19.1. The molecule has 2 rings (SSSR count). The van der Waals surface area contributed by atoms with Crippen LogP contribution in [-0.4, -0.2) is 22.9 Å². The van der Waals surface area contributed by atoms with Gasteiger partial charge in [0.1, 0.15) is 5.82 Å². The van der Waals surface area contributed by atoms with Crippen LogP contribution in [0.4, 0.5) is 10.1 Å². The van der Waals surface area contributed by atoms with E-state index >= 15 is 0 Å². The van der Waals surface area contributed by atoms with Crippen molar-refractivity contribution in [3.05, 3.63) is 29.6 Å². The Balaban J connectivity index is 2.44. The Labute approximate surface area is 121 Å². The van der Waals surface area contributed by atoms with Crippen molar-refractivity contribution in [3.63, 3.8) is 0 Å². The molecule has 1 N–H and O–H groups in total. The van der Waals surface area contributed by atoms with Crippen molar-refractivity contribution in [2.45, 2.75) is 27.2 Å². The van der Waals surface area contributed by atoms with Crippen LogP contribution in [0.1, 0.15) is 37.6 Å². The maximum atomic E-state index is 13.7. The third-order valence-corrected chi connectivity index (χ3v) is 4.18. The zero-order valence-electron chi connectivity index (χ0n) is 12.0. The van der Waals surface area contributed by atoms with Crippen LogP contribution >= 0.6 is 0 Å². The van der Waals surface area contributed by atoms with Gasteiger partial charge in [-0.1, -0.05) is 13.8 Å². The van der Waals surface area contributed by atoms with Crippen molar-refractivity contribution >= 4 is 23.5 Å². The lowest BCUT2D eigenvalue weighted by molar-refractivity contribution is -0.126. The summed E-state index contributed by atoms with van der Waals surface area (Å²) in [5, 5.41) is 8.79. The lowest BCUT2D eigenvalue weighted by atomic mass is 9.78. The second kappa shape index (κ2) is 4.95. The number of nitrogens with zero attached hydrogens (tertiary/aromatic N) is 1. The Morgan fingerprint density at radius 3 is 2.43 bits per heavy atom. The molecule has 2 amide bonds. The predicted molar refractivity (Wildman–Crippen MR) is 73.4 cm³/mol. The second-order valence-electron chi connectivity index (χ2n) is 5.75. The normalized spacial score (nSPS) is 22.2. The van der Waals surface area contributed by atoms with Gasteiger partial charge in [-0.2, -0.15) is 0 Å². The quantitative estimate of drug-likeness (QED) is 0.869. The number of amides is 2. The monoisotopic (exact) mass is 293 g/mol. The molecule has 1 aromatic carbocycles. The number of hydrogen-bond acceptors (Lipinski definition) is 3. The number of carbonyl (C=O) groups excluding carboxylic acids is 2. The van der Waals surface area contributed by atoms with Gasteiger partial charge >= 0.3 is 5.97 Å². The summed E-state index contributed by atoms with van der Waals surface area (Å²) in [6, 6.07) is 3.23. The summed E-state index contributed by atoms with van der Waals surface area (Å²) in [6.45, 7) is 5.41. The lowest BCUT2D eigenvalue weighted by Crippen LogP contribution is -2.37. The Bertz CT molecular complexity index is 641. The van der Waals surface area contributed by atoms with E-state index in [2.05, 4.69) is 0 Å². The van der Waals surface area contributed by atoms with Gasteiger partial charge in [0, 0.05) is 6.42 Å². The van der Waals surface area contributed by atoms with E-state index in [0.717, 1.165) is 17.0 Å². The fraction of sp³-hybridized carbons (Fsp3) is 0.400. The van der Waals surface area contributed by atoms with E-state index in [4.69, 9.17) is 5.11 Å². The number of carbonyl (C=O) groups is 3. The van der Waals surface area contributed by atoms with E-state index in [1.165, 1.54) is 6.07 Å². The van der Waals surface area contributed by atoms with Crippen LogP contribution < -0.4 is 4.90 Å². The van der Waals surface area contributed by atoms with Gasteiger partial charge in [-0.05, 0) is 31.0 Å². The topological polar surface area (TPSA) is 74.7 Å². The first-order valence-corrected chi connectivity index (χ1v) is 6.58. The van der Waals surface area contributed by atoms with Gasteiger partial charge in [0.2, 0.25) is 11.8 Å². The molecule has 0 saturated carbocycles. The maximum Gasteiger partial charge on any atom is 0.338 e. The molecule has 0 aliphatic carbocycles. The van der Waals surface area contributed by atoms with Crippen LogP contribution in [0.25, 0.3) is 0 Å². The number of carboxylic acids is 1. The van der Waals surface area contributed by atoms with Gasteiger partial charge in [-0.15, -0.1) is 0 Å². The van der Waals surface area contributed by atoms with Gasteiger partial charge in [0.25, 0.3) is 0 Å². The van der Waals surface area contributed by atoms with Gasteiger partial charge in [-0.25, -0.2) is 14.1 Å². The summed E-state index contributed by atoms with van der Waals surface area (Å²) in [6.07, 6.45) is 0.0613. The fourth-order valence-corrected chi connectivity index (χ4v) is 2.37. The van der Waals surface area contributed by atoms with E-state index in [9.17, 15) is 18.8 Å². The molecule has 1 atom stereocenters. The van der Waals surface area contributed by atoms with Crippen LogP contribution in [0.15, 0.2) is 18.2 Å². The summed E-state index contributed by atoms with van der Waals surface area (Å²) in [5.74, 6) is -3.20. The van der Waals surface area contributed by atoms with E-state index in [0.29, 0.717) is 0 Å². The average molecular weight is 293 g/mol. The Hall–Kier alpha value is -2.24. The molecule has 21 heavy (non-hydrogen) atoms. The molecule has 1 heterocycles. The minimum absolute atomic E-state index is 0.0397. The number of imide groups is 1. The van der Waals surface area contributed by atoms with Crippen molar-refractivity contribution < 1.29 is 23.9 Å². The van der Waals surface area contributed by atoms with Gasteiger partial charge in [0.15, 0.2) is 0 Å². The van der Waals surface area contributed by atoms with Crippen molar-refractivity contribution in [1.82, 2.24) is 0 Å². The number of aromatic carboxylic acids is 1. The summed E-state index contributed by atoms with van der Waals surface area (Å²) in [4.78, 5) is 36.3. The molecule has 1 aromatic rings. The Kier molecular flexibility index (Phi) is 3.57. The average Bonchev–Trinajstić information content (AvgIpc) is 2.60. The molecular weight excluding hydrogens is 277 g/mol. The number of rotatable bonds is 3. The van der Waals surface area contributed by atoms with Gasteiger partial charge in [-0.3, -0.25) is 9.59 Å². The van der Waals surface area contributed by atoms with Crippen LogP contribution in [0, 0.1) is 17.2 Å². The standard InChI is InChI=1S/C15H16FNO4/c1-8(2)15(3)7-12(18)17(14(15)21)9-4-5-10(13(19)20)11(16)6-9/h4-6,8H,7H2,1-3H3,(H,19,20). The van der Waals surface area contributed by atoms with Gasteiger partial charge < -0.3 is 5.11 Å². The van der Waals surface area contributed by atoms with E-state index in [-0.39, 0.29) is 23.9 Å². The fourth-order valence-electron chi connectivity index (χ4n) is 2.37. The molecule has 1 unspecified atom stereocenters. The smallest absolute Gasteiger partial charge is 0.338 e. The van der Waals surface area contributed by atoms with Crippen molar-refractivity contribution in [1.29, 1.82) is 0 Å². The maximum absolute atomic E-state index is 13.7. The first-order chi connectivity index (χ1) is 9.68. The first kappa shape index (κ1) is 15.2. The Morgan fingerprint density at radius 2 is 2.00 bits per heavy atom. The third kappa shape index (κ3) is 2.30. The number of halogens is 1. The largest absolute Gasteiger partial charge is 0.478 e. The van der Waals surface area contributed by atoms with Crippen LogP contribution in [0.3, 0.4) is 0 Å². The summed E-state index contributed by atoms with van der Waals surface area (Å²) >= 11 is 0. The van der Waals surface area contributed by atoms with Crippen LogP contribution in [0.2, 0.25) is 0 Å². The van der Waals surface area contributed by atoms with E-state index in [1.807, 2.05) is 13.8 Å². The third-order valence-electron chi connectivity index (χ3n) is 4.18. The predicted octanol–water partition coefficient (Wildman–Crippen LogP) is 2.45. The molecule has 6 heteroatoms. The molecule has 0 bridgehead atoms. The SMILES string of the molecule is CC(C)C1(C)CC(=O)N(c2ccc(C(=O)O)c(F)c2)C1=O. The zero-order chi connectivity index (χ0) is 15.9. The number of anilines is 1. The molecule has 5 nitrogen and oxygen atoms in total. The van der Waals surface area contributed by atoms with E-state index in [1.54, 1.807) is 6.92 Å². The van der Waals surface area contributed by atoms with Crippen molar-refractivity contribution in [2.24, 2.45) is 11.3 Å². The first-order valence-electron chi connectivity index (χ1n) is 6.58. The molecule has 1 fully saturated rings.